The third-order valence-electron chi connectivity index (χ3n) is 2.37. The van der Waals surface area contributed by atoms with E-state index in [0.717, 1.165) is 25.3 Å². The molecule has 1 aromatic rings. The zero-order valence-electron chi connectivity index (χ0n) is 10.8. The summed E-state index contributed by atoms with van der Waals surface area (Å²) in [7, 11) is 3.23. The highest BCUT2D eigenvalue weighted by Gasteiger charge is 2.09. The minimum Gasteiger partial charge on any atom is -0.493 e. The lowest BCUT2D eigenvalue weighted by Crippen LogP contribution is -2.16. The molecule has 4 nitrogen and oxygen atoms in total. The number of rotatable bonds is 8. The van der Waals surface area contributed by atoms with Gasteiger partial charge in [0.15, 0.2) is 11.5 Å². The summed E-state index contributed by atoms with van der Waals surface area (Å²) in [4.78, 5) is 0. The summed E-state index contributed by atoms with van der Waals surface area (Å²) in [6.07, 6.45) is 0.966. The molecule has 0 saturated carbocycles. The van der Waals surface area contributed by atoms with Crippen LogP contribution in [0.15, 0.2) is 18.2 Å². The van der Waals surface area contributed by atoms with Crippen LogP contribution in [0.5, 0.6) is 17.2 Å². The minimum atomic E-state index is 0.651. The third kappa shape index (κ3) is 4.15. The third-order valence-corrected chi connectivity index (χ3v) is 2.37. The molecule has 0 aromatic heterocycles. The Morgan fingerprint density at radius 2 is 1.88 bits per heavy atom. The number of hydrogen-bond donors (Lipinski definition) is 1. The molecule has 0 saturated heterocycles. The molecule has 1 rings (SSSR count). The van der Waals surface area contributed by atoms with Gasteiger partial charge in [-0.25, -0.2) is 0 Å². The smallest absolute Gasteiger partial charge is 0.203 e. The normalized spacial score (nSPS) is 10.1. The maximum absolute atomic E-state index is 5.67. The van der Waals surface area contributed by atoms with Gasteiger partial charge in [-0.2, -0.15) is 0 Å². The molecule has 0 radical (unpaired) electrons. The first-order valence-electron chi connectivity index (χ1n) is 5.88. The number of benzene rings is 1. The average Bonchev–Trinajstić information content (AvgIpc) is 2.38. The van der Waals surface area contributed by atoms with Crippen LogP contribution in [0, 0.1) is 0 Å². The molecule has 0 fully saturated rings. The zero-order chi connectivity index (χ0) is 12.5. The van der Waals surface area contributed by atoms with E-state index in [9.17, 15) is 0 Å². The molecule has 1 N–H and O–H groups in total. The maximum Gasteiger partial charge on any atom is 0.203 e. The fourth-order valence-electron chi connectivity index (χ4n) is 1.53. The zero-order valence-corrected chi connectivity index (χ0v) is 10.8. The summed E-state index contributed by atoms with van der Waals surface area (Å²) in [5.74, 6) is 2.07. The highest BCUT2D eigenvalue weighted by atomic mass is 16.5. The van der Waals surface area contributed by atoms with Gasteiger partial charge >= 0.3 is 0 Å². The lowest BCUT2D eigenvalue weighted by Gasteiger charge is -2.13. The molecule has 0 unspecified atom stereocenters. The van der Waals surface area contributed by atoms with E-state index in [1.165, 1.54) is 0 Å². The van der Waals surface area contributed by atoms with Gasteiger partial charge in [-0.1, -0.05) is 13.0 Å². The molecule has 0 atom stereocenters. The van der Waals surface area contributed by atoms with Gasteiger partial charge in [-0.05, 0) is 31.6 Å². The van der Waals surface area contributed by atoms with Crippen molar-refractivity contribution in [3.63, 3.8) is 0 Å². The van der Waals surface area contributed by atoms with Gasteiger partial charge in [0.2, 0.25) is 5.75 Å². The first-order valence-corrected chi connectivity index (χ1v) is 5.88. The first-order chi connectivity index (χ1) is 8.33. The maximum atomic E-state index is 5.67. The molecule has 0 aliphatic carbocycles. The summed E-state index contributed by atoms with van der Waals surface area (Å²) >= 11 is 0. The highest BCUT2D eigenvalue weighted by molar-refractivity contribution is 5.50. The monoisotopic (exact) mass is 239 g/mol. The Balaban J connectivity index is 2.52. The fraction of sp³-hybridized carbons (Fsp3) is 0.538. The Morgan fingerprint density at radius 3 is 2.53 bits per heavy atom. The standard InChI is InChI=1S/C13H21NO3/c1-4-14-9-6-10-17-12-8-5-7-11(15-2)13(12)16-3/h5,7-8,14H,4,6,9-10H2,1-3H3. The van der Waals surface area contributed by atoms with Crippen molar-refractivity contribution in [1.82, 2.24) is 5.32 Å². The minimum absolute atomic E-state index is 0.651. The molecule has 0 heterocycles. The van der Waals surface area contributed by atoms with Gasteiger partial charge in [0, 0.05) is 0 Å². The van der Waals surface area contributed by atoms with E-state index in [-0.39, 0.29) is 0 Å². The fourth-order valence-corrected chi connectivity index (χ4v) is 1.53. The predicted octanol–water partition coefficient (Wildman–Crippen LogP) is 2.08. The number of methoxy groups -OCH3 is 2. The van der Waals surface area contributed by atoms with Gasteiger partial charge in [-0.3, -0.25) is 0 Å². The number of para-hydroxylation sites is 1. The van der Waals surface area contributed by atoms with E-state index in [2.05, 4.69) is 12.2 Å². The number of ether oxygens (including phenoxy) is 3. The lowest BCUT2D eigenvalue weighted by molar-refractivity contribution is 0.279. The highest BCUT2D eigenvalue weighted by Crippen LogP contribution is 2.36. The summed E-state index contributed by atoms with van der Waals surface area (Å²) in [5, 5.41) is 3.25. The van der Waals surface area contributed by atoms with Crippen molar-refractivity contribution >= 4 is 0 Å². The second kappa shape index (κ2) is 7.79. The van der Waals surface area contributed by atoms with E-state index < -0.39 is 0 Å². The average molecular weight is 239 g/mol. The van der Waals surface area contributed by atoms with Gasteiger partial charge in [0.25, 0.3) is 0 Å². The molecule has 96 valence electrons. The van der Waals surface area contributed by atoms with E-state index in [1.807, 2.05) is 18.2 Å². The van der Waals surface area contributed by atoms with Crippen LogP contribution in [0.2, 0.25) is 0 Å². The van der Waals surface area contributed by atoms with Gasteiger partial charge < -0.3 is 19.5 Å². The summed E-state index contributed by atoms with van der Waals surface area (Å²) in [6, 6.07) is 5.62. The number of hydrogen-bond acceptors (Lipinski definition) is 4. The van der Waals surface area contributed by atoms with Crippen molar-refractivity contribution in [2.75, 3.05) is 33.9 Å². The van der Waals surface area contributed by atoms with Gasteiger partial charge in [-0.15, -0.1) is 0 Å². The van der Waals surface area contributed by atoms with Crippen LogP contribution in [0.1, 0.15) is 13.3 Å². The van der Waals surface area contributed by atoms with Crippen LogP contribution >= 0.6 is 0 Å². The SMILES string of the molecule is CCNCCCOc1cccc(OC)c1OC. The van der Waals surface area contributed by atoms with E-state index >= 15 is 0 Å². The van der Waals surface area contributed by atoms with E-state index in [4.69, 9.17) is 14.2 Å². The molecule has 1 aromatic carbocycles. The van der Waals surface area contributed by atoms with E-state index in [0.29, 0.717) is 18.1 Å². The van der Waals surface area contributed by atoms with Crippen molar-refractivity contribution < 1.29 is 14.2 Å². The molecule has 0 aliphatic heterocycles. The number of nitrogens with one attached hydrogen (secondary N) is 1. The first kappa shape index (κ1) is 13.6. The van der Waals surface area contributed by atoms with Crippen molar-refractivity contribution in [2.45, 2.75) is 13.3 Å². The molecule has 0 spiro atoms. The second-order valence-corrected chi connectivity index (χ2v) is 3.55. The van der Waals surface area contributed by atoms with Crippen LogP contribution in [0.4, 0.5) is 0 Å². The van der Waals surface area contributed by atoms with Crippen molar-refractivity contribution in [3.8, 4) is 17.2 Å². The molecule has 4 heteroatoms. The van der Waals surface area contributed by atoms with Crippen LogP contribution in [0.25, 0.3) is 0 Å². The molecule has 0 bridgehead atoms. The Morgan fingerprint density at radius 1 is 1.12 bits per heavy atom. The summed E-state index contributed by atoms with van der Waals surface area (Å²) < 4.78 is 16.2. The van der Waals surface area contributed by atoms with Crippen molar-refractivity contribution in [2.24, 2.45) is 0 Å². The van der Waals surface area contributed by atoms with Crippen molar-refractivity contribution in [3.05, 3.63) is 18.2 Å². The van der Waals surface area contributed by atoms with Crippen LogP contribution in [0.3, 0.4) is 0 Å². The molecule has 17 heavy (non-hydrogen) atoms. The Kier molecular flexibility index (Phi) is 6.25. The largest absolute Gasteiger partial charge is 0.493 e. The van der Waals surface area contributed by atoms with Crippen molar-refractivity contribution in [1.29, 1.82) is 0 Å². The van der Waals surface area contributed by atoms with Crippen LogP contribution in [-0.2, 0) is 0 Å². The molecule has 0 amide bonds. The topological polar surface area (TPSA) is 39.7 Å². The second-order valence-electron chi connectivity index (χ2n) is 3.55. The Hall–Kier alpha value is -1.42. The molecule has 0 aliphatic rings. The summed E-state index contributed by atoms with van der Waals surface area (Å²) in [6.45, 7) is 4.70. The van der Waals surface area contributed by atoms with Crippen LogP contribution in [-0.4, -0.2) is 33.9 Å². The quantitative estimate of drug-likeness (QED) is 0.705. The lowest BCUT2D eigenvalue weighted by atomic mass is 10.3. The van der Waals surface area contributed by atoms with E-state index in [1.54, 1.807) is 14.2 Å². The summed E-state index contributed by atoms with van der Waals surface area (Å²) in [5.41, 5.74) is 0. The Labute approximate surface area is 103 Å². The Bertz CT molecular complexity index is 328. The van der Waals surface area contributed by atoms with Gasteiger partial charge in [0.1, 0.15) is 0 Å². The van der Waals surface area contributed by atoms with Crippen LogP contribution < -0.4 is 19.5 Å². The predicted molar refractivity (Wildman–Crippen MR) is 68.2 cm³/mol. The molecular formula is C13H21NO3. The molecular weight excluding hydrogens is 218 g/mol. The van der Waals surface area contributed by atoms with Gasteiger partial charge in [0.05, 0.1) is 20.8 Å².